The largest absolute Gasteiger partial charge is 0.494 e. The lowest BCUT2D eigenvalue weighted by Crippen LogP contribution is -2.27. The second-order valence-electron chi connectivity index (χ2n) is 4.86. The molecular weight excluding hydrogens is 288 g/mol. The fourth-order valence-corrected chi connectivity index (χ4v) is 2.07. The van der Waals surface area contributed by atoms with Crippen molar-refractivity contribution in [1.82, 2.24) is 4.90 Å². The van der Waals surface area contributed by atoms with Crippen LogP contribution in [0.15, 0.2) is 42.5 Å². The normalized spacial score (nSPS) is 10.4. The number of nitrogens with zero attached hydrogens (tertiary/aromatic N) is 1. The van der Waals surface area contributed by atoms with Gasteiger partial charge in [-0.05, 0) is 36.8 Å². The molecule has 0 atom stereocenters. The van der Waals surface area contributed by atoms with Crippen LogP contribution in [0.3, 0.4) is 0 Å². The van der Waals surface area contributed by atoms with Gasteiger partial charge < -0.3 is 9.64 Å². The maximum absolute atomic E-state index is 13.6. The van der Waals surface area contributed by atoms with Gasteiger partial charge in [0.25, 0.3) is 5.91 Å². The van der Waals surface area contributed by atoms with E-state index in [0.717, 1.165) is 23.4 Å². The topological polar surface area (TPSA) is 29.5 Å². The van der Waals surface area contributed by atoms with E-state index in [4.69, 9.17) is 4.74 Å². The van der Waals surface area contributed by atoms with Crippen molar-refractivity contribution in [3.63, 3.8) is 0 Å². The van der Waals surface area contributed by atoms with E-state index in [0.29, 0.717) is 19.2 Å². The Morgan fingerprint density at radius 3 is 2.41 bits per heavy atom. The minimum absolute atomic E-state index is 0.144. The highest BCUT2D eigenvalue weighted by molar-refractivity contribution is 5.94. The summed E-state index contributed by atoms with van der Waals surface area (Å²) in [7, 11) is 1.57. The van der Waals surface area contributed by atoms with E-state index in [1.54, 1.807) is 7.05 Å². The second-order valence-corrected chi connectivity index (χ2v) is 4.86. The second kappa shape index (κ2) is 7.02. The zero-order chi connectivity index (χ0) is 16.1. The van der Waals surface area contributed by atoms with Crippen LogP contribution in [0.1, 0.15) is 22.8 Å². The number of carbonyl (C=O) groups is 1. The molecule has 0 saturated heterocycles. The molecule has 0 fully saturated rings. The van der Waals surface area contributed by atoms with Gasteiger partial charge in [0, 0.05) is 19.7 Å². The van der Waals surface area contributed by atoms with Gasteiger partial charge >= 0.3 is 0 Å². The molecule has 0 N–H and O–H groups in total. The molecule has 2 aromatic carbocycles. The maximum Gasteiger partial charge on any atom is 0.256 e. The Bertz CT molecular complexity index is 656. The minimum Gasteiger partial charge on any atom is -0.494 e. The lowest BCUT2D eigenvalue weighted by Gasteiger charge is -2.18. The van der Waals surface area contributed by atoms with Crippen LogP contribution in [0.4, 0.5) is 8.78 Å². The van der Waals surface area contributed by atoms with Crippen molar-refractivity contribution < 1.29 is 18.3 Å². The molecule has 3 nitrogen and oxygen atoms in total. The molecule has 0 saturated carbocycles. The Hall–Kier alpha value is -2.43. The third-order valence-corrected chi connectivity index (χ3v) is 3.16. The summed E-state index contributed by atoms with van der Waals surface area (Å²) in [5, 5.41) is 0. The summed E-state index contributed by atoms with van der Waals surface area (Å²) < 4.78 is 31.9. The quantitative estimate of drug-likeness (QED) is 0.844. The highest BCUT2D eigenvalue weighted by atomic mass is 19.1. The summed E-state index contributed by atoms with van der Waals surface area (Å²) in [6.45, 7) is 2.81. The number of ether oxygens (including phenoxy) is 1. The Morgan fingerprint density at radius 2 is 1.82 bits per heavy atom. The van der Waals surface area contributed by atoms with Gasteiger partial charge in [0.2, 0.25) is 0 Å². The monoisotopic (exact) mass is 305 g/mol. The van der Waals surface area contributed by atoms with Gasteiger partial charge in [-0.25, -0.2) is 8.78 Å². The van der Waals surface area contributed by atoms with Crippen LogP contribution in [-0.2, 0) is 6.54 Å². The molecule has 2 rings (SSSR count). The highest BCUT2D eigenvalue weighted by Gasteiger charge is 2.16. The van der Waals surface area contributed by atoms with Gasteiger partial charge in [-0.2, -0.15) is 0 Å². The Balaban J connectivity index is 2.07. The molecule has 116 valence electrons. The van der Waals surface area contributed by atoms with E-state index in [2.05, 4.69) is 0 Å². The van der Waals surface area contributed by atoms with Crippen molar-refractivity contribution in [2.45, 2.75) is 13.5 Å². The Morgan fingerprint density at radius 1 is 1.14 bits per heavy atom. The van der Waals surface area contributed by atoms with Crippen molar-refractivity contribution in [2.24, 2.45) is 0 Å². The predicted molar refractivity (Wildman–Crippen MR) is 79.8 cm³/mol. The number of rotatable bonds is 5. The third kappa shape index (κ3) is 3.81. The number of hydrogen-bond acceptors (Lipinski definition) is 2. The van der Waals surface area contributed by atoms with Gasteiger partial charge in [-0.1, -0.05) is 12.1 Å². The number of hydrogen-bond donors (Lipinski definition) is 0. The average Bonchev–Trinajstić information content (AvgIpc) is 2.49. The molecule has 0 aliphatic heterocycles. The van der Waals surface area contributed by atoms with Gasteiger partial charge in [0.05, 0.1) is 12.2 Å². The molecule has 0 heterocycles. The molecular formula is C17H17F2NO2. The fraction of sp³-hybridized carbons (Fsp3) is 0.235. The molecule has 2 aromatic rings. The molecule has 0 radical (unpaired) electrons. The molecule has 0 aromatic heterocycles. The van der Waals surface area contributed by atoms with Crippen LogP contribution in [0.2, 0.25) is 0 Å². The standard InChI is InChI=1S/C17H17F2NO2/c1-3-22-14-7-4-12(5-8-14)11-20(2)17(21)15-9-6-13(18)10-16(15)19/h4-10H,3,11H2,1-2H3. The average molecular weight is 305 g/mol. The van der Waals surface area contributed by atoms with Gasteiger partial charge in [-0.15, -0.1) is 0 Å². The van der Waals surface area contributed by atoms with Crippen molar-refractivity contribution in [3.8, 4) is 5.75 Å². The number of carbonyl (C=O) groups excluding carboxylic acids is 1. The van der Waals surface area contributed by atoms with Crippen LogP contribution in [-0.4, -0.2) is 24.5 Å². The summed E-state index contributed by atoms with van der Waals surface area (Å²) >= 11 is 0. The van der Waals surface area contributed by atoms with Crippen LogP contribution in [0.5, 0.6) is 5.75 Å². The van der Waals surface area contributed by atoms with E-state index in [1.165, 1.54) is 4.90 Å². The summed E-state index contributed by atoms with van der Waals surface area (Å²) in [4.78, 5) is 13.6. The molecule has 0 aliphatic rings. The lowest BCUT2D eigenvalue weighted by molar-refractivity contribution is 0.0780. The minimum atomic E-state index is -0.858. The van der Waals surface area contributed by atoms with Crippen LogP contribution >= 0.6 is 0 Å². The molecule has 0 unspecified atom stereocenters. The van der Waals surface area contributed by atoms with E-state index < -0.39 is 17.5 Å². The predicted octanol–water partition coefficient (Wildman–Crippen LogP) is 3.64. The van der Waals surface area contributed by atoms with E-state index in [-0.39, 0.29) is 5.56 Å². The zero-order valence-corrected chi connectivity index (χ0v) is 12.5. The van der Waals surface area contributed by atoms with E-state index in [1.807, 2.05) is 31.2 Å². The molecule has 5 heteroatoms. The lowest BCUT2D eigenvalue weighted by atomic mass is 10.1. The van der Waals surface area contributed by atoms with Crippen LogP contribution in [0, 0.1) is 11.6 Å². The summed E-state index contributed by atoms with van der Waals surface area (Å²) in [5.74, 6) is -1.30. The summed E-state index contributed by atoms with van der Waals surface area (Å²) in [6, 6.07) is 10.2. The van der Waals surface area contributed by atoms with Crippen molar-refractivity contribution in [1.29, 1.82) is 0 Å². The van der Waals surface area contributed by atoms with Crippen molar-refractivity contribution >= 4 is 5.91 Å². The van der Waals surface area contributed by atoms with Gasteiger partial charge in [-0.3, -0.25) is 4.79 Å². The first-order chi connectivity index (χ1) is 10.5. The fourth-order valence-electron chi connectivity index (χ4n) is 2.07. The number of halogens is 2. The van der Waals surface area contributed by atoms with Crippen LogP contribution < -0.4 is 4.74 Å². The van der Waals surface area contributed by atoms with E-state index in [9.17, 15) is 13.6 Å². The third-order valence-electron chi connectivity index (χ3n) is 3.16. The molecule has 22 heavy (non-hydrogen) atoms. The first-order valence-electron chi connectivity index (χ1n) is 6.93. The Kier molecular flexibility index (Phi) is 5.09. The molecule has 0 spiro atoms. The molecule has 0 bridgehead atoms. The smallest absolute Gasteiger partial charge is 0.256 e. The van der Waals surface area contributed by atoms with Crippen LogP contribution in [0.25, 0.3) is 0 Å². The van der Waals surface area contributed by atoms with Crippen molar-refractivity contribution in [3.05, 3.63) is 65.2 Å². The highest BCUT2D eigenvalue weighted by Crippen LogP contribution is 2.16. The maximum atomic E-state index is 13.6. The summed E-state index contributed by atoms with van der Waals surface area (Å²) in [6.07, 6.45) is 0. The number of amides is 1. The molecule has 1 amide bonds. The summed E-state index contributed by atoms with van der Waals surface area (Å²) in [5.41, 5.74) is 0.747. The van der Waals surface area contributed by atoms with Gasteiger partial charge in [0.1, 0.15) is 17.4 Å². The number of benzene rings is 2. The molecule has 0 aliphatic carbocycles. The Labute approximate surface area is 128 Å². The zero-order valence-electron chi connectivity index (χ0n) is 12.5. The van der Waals surface area contributed by atoms with Crippen molar-refractivity contribution in [2.75, 3.05) is 13.7 Å². The SMILES string of the molecule is CCOc1ccc(CN(C)C(=O)c2ccc(F)cc2F)cc1. The first kappa shape index (κ1) is 15.9. The van der Waals surface area contributed by atoms with E-state index >= 15 is 0 Å². The first-order valence-corrected chi connectivity index (χ1v) is 6.93. The van der Waals surface area contributed by atoms with Gasteiger partial charge in [0.15, 0.2) is 0 Å².